The molecular weight excluding hydrogens is 253 g/mol. The maximum Gasteiger partial charge on any atom is 0.130 e. The van der Waals surface area contributed by atoms with E-state index in [0.29, 0.717) is 23.6 Å². The van der Waals surface area contributed by atoms with Gasteiger partial charge in [-0.05, 0) is 31.9 Å². The predicted octanol–water partition coefficient (Wildman–Crippen LogP) is 3.54. The van der Waals surface area contributed by atoms with Crippen molar-refractivity contribution in [2.45, 2.75) is 45.7 Å². The van der Waals surface area contributed by atoms with Crippen molar-refractivity contribution in [1.29, 1.82) is 0 Å². The second-order valence-corrected chi connectivity index (χ2v) is 5.33. The van der Waals surface area contributed by atoms with Gasteiger partial charge in [-0.15, -0.1) is 0 Å². The molecule has 1 heterocycles. The lowest BCUT2D eigenvalue weighted by Crippen LogP contribution is -2.16. The Bertz CT molecular complexity index is 577. The standard InChI is InChI=1S/C16H22FN3/c1-4-12(3)20-9-8-13(19-20)10-15(18)14-7-5-6-11(2)16(14)17/h5-9,12,15H,4,10,18H2,1-3H3. The van der Waals surface area contributed by atoms with Gasteiger partial charge in [0.1, 0.15) is 5.82 Å². The van der Waals surface area contributed by atoms with E-state index in [1.807, 2.05) is 23.0 Å². The summed E-state index contributed by atoms with van der Waals surface area (Å²) >= 11 is 0. The molecule has 0 amide bonds. The lowest BCUT2D eigenvalue weighted by atomic mass is 10.0. The normalized spacial score (nSPS) is 14.2. The number of aryl methyl sites for hydroxylation is 1. The molecule has 0 spiro atoms. The van der Waals surface area contributed by atoms with E-state index in [9.17, 15) is 4.39 Å². The highest BCUT2D eigenvalue weighted by Gasteiger charge is 2.15. The van der Waals surface area contributed by atoms with Crippen LogP contribution in [0.25, 0.3) is 0 Å². The van der Waals surface area contributed by atoms with Gasteiger partial charge in [0.2, 0.25) is 0 Å². The fourth-order valence-electron chi connectivity index (χ4n) is 2.21. The fraction of sp³-hybridized carbons (Fsp3) is 0.438. The average Bonchev–Trinajstić information content (AvgIpc) is 2.89. The van der Waals surface area contributed by atoms with E-state index in [1.165, 1.54) is 0 Å². The number of nitrogens with zero attached hydrogens (tertiary/aromatic N) is 2. The molecule has 0 saturated heterocycles. The molecular formula is C16H22FN3. The first-order valence-electron chi connectivity index (χ1n) is 7.07. The van der Waals surface area contributed by atoms with Gasteiger partial charge in [0, 0.05) is 30.3 Å². The zero-order valence-electron chi connectivity index (χ0n) is 12.3. The topological polar surface area (TPSA) is 43.8 Å². The van der Waals surface area contributed by atoms with Gasteiger partial charge in [-0.2, -0.15) is 5.10 Å². The molecule has 2 atom stereocenters. The average molecular weight is 275 g/mol. The quantitative estimate of drug-likeness (QED) is 0.907. The first-order valence-corrected chi connectivity index (χ1v) is 7.07. The highest BCUT2D eigenvalue weighted by Crippen LogP contribution is 2.21. The summed E-state index contributed by atoms with van der Waals surface area (Å²) in [6, 6.07) is 7.30. The molecule has 0 radical (unpaired) electrons. The molecule has 3 nitrogen and oxygen atoms in total. The Morgan fingerprint density at radius 3 is 2.80 bits per heavy atom. The number of rotatable bonds is 5. The van der Waals surface area contributed by atoms with E-state index in [1.54, 1.807) is 19.1 Å². The molecule has 0 fully saturated rings. The summed E-state index contributed by atoms with van der Waals surface area (Å²) in [4.78, 5) is 0. The smallest absolute Gasteiger partial charge is 0.130 e. The molecule has 2 aromatic rings. The molecule has 0 aliphatic carbocycles. The third-order valence-electron chi connectivity index (χ3n) is 3.76. The molecule has 1 aromatic heterocycles. The fourth-order valence-corrected chi connectivity index (χ4v) is 2.21. The zero-order chi connectivity index (χ0) is 14.7. The lowest BCUT2D eigenvalue weighted by molar-refractivity contribution is 0.471. The molecule has 0 saturated carbocycles. The van der Waals surface area contributed by atoms with Crippen molar-refractivity contribution in [3.63, 3.8) is 0 Å². The molecule has 4 heteroatoms. The van der Waals surface area contributed by atoms with E-state index in [-0.39, 0.29) is 11.9 Å². The Balaban J connectivity index is 2.13. The minimum Gasteiger partial charge on any atom is -0.324 e. The van der Waals surface area contributed by atoms with Crippen LogP contribution >= 0.6 is 0 Å². The van der Waals surface area contributed by atoms with Gasteiger partial charge < -0.3 is 5.73 Å². The van der Waals surface area contributed by atoms with E-state index in [2.05, 4.69) is 18.9 Å². The van der Waals surface area contributed by atoms with Gasteiger partial charge in [0.05, 0.1) is 5.69 Å². The van der Waals surface area contributed by atoms with Crippen LogP contribution in [0, 0.1) is 12.7 Å². The Labute approximate surface area is 119 Å². The Morgan fingerprint density at radius 1 is 1.35 bits per heavy atom. The summed E-state index contributed by atoms with van der Waals surface area (Å²) in [5, 5.41) is 4.51. The molecule has 2 unspecified atom stereocenters. The second kappa shape index (κ2) is 6.18. The van der Waals surface area contributed by atoms with Gasteiger partial charge >= 0.3 is 0 Å². The van der Waals surface area contributed by atoms with Crippen molar-refractivity contribution < 1.29 is 4.39 Å². The Hall–Kier alpha value is -1.68. The van der Waals surface area contributed by atoms with Crippen molar-refractivity contribution in [2.24, 2.45) is 5.73 Å². The van der Waals surface area contributed by atoms with E-state index < -0.39 is 0 Å². The first-order chi connectivity index (χ1) is 9.52. The predicted molar refractivity (Wildman–Crippen MR) is 79.0 cm³/mol. The molecule has 2 rings (SSSR count). The van der Waals surface area contributed by atoms with Gasteiger partial charge in [0.25, 0.3) is 0 Å². The van der Waals surface area contributed by atoms with Crippen LogP contribution in [0.4, 0.5) is 4.39 Å². The lowest BCUT2D eigenvalue weighted by Gasteiger charge is -2.13. The first kappa shape index (κ1) is 14.7. The summed E-state index contributed by atoms with van der Waals surface area (Å²) in [6.07, 6.45) is 3.53. The van der Waals surface area contributed by atoms with Gasteiger partial charge in [0.15, 0.2) is 0 Å². The highest BCUT2D eigenvalue weighted by atomic mass is 19.1. The molecule has 0 aliphatic heterocycles. The number of nitrogens with two attached hydrogens (primary N) is 1. The van der Waals surface area contributed by atoms with Crippen LogP contribution in [0.15, 0.2) is 30.5 Å². The minimum atomic E-state index is -0.366. The number of halogens is 1. The van der Waals surface area contributed by atoms with Crippen LogP contribution in [0.2, 0.25) is 0 Å². The van der Waals surface area contributed by atoms with Crippen LogP contribution in [0.1, 0.15) is 49.2 Å². The zero-order valence-corrected chi connectivity index (χ0v) is 12.3. The second-order valence-electron chi connectivity index (χ2n) is 5.33. The molecule has 1 aromatic carbocycles. The SMILES string of the molecule is CCC(C)n1ccc(CC(N)c2cccc(C)c2F)n1. The van der Waals surface area contributed by atoms with E-state index >= 15 is 0 Å². The van der Waals surface area contributed by atoms with Crippen molar-refractivity contribution in [3.8, 4) is 0 Å². The van der Waals surface area contributed by atoms with Crippen LogP contribution in [0.3, 0.4) is 0 Å². The van der Waals surface area contributed by atoms with Crippen molar-refractivity contribution in [2.75, 3.05) is 0 Å². The molecule has 108 valence electrons. The number of benzene rings is 1. The third kappa shape index (κ3) is 3.07. The Morgan fingerprint density at radius 2 is 2.10 bits per heavy atom. The molecule has 2 N–H and O–H groups in total. The maximum atomic E-state index is 14.0. The number of hydrogen-bond donors (Lipinski definition) is 1. The van der Waals surface area contributed by atoms with Gasteiger partial charge in [-0.25, -0.2) is 4.39 Å². The molecule has 20 heavy (non-hydrogen) atoms. The number of hydrogen-bond acceptors (Lipinski definition) is 2. The summed E-state index contributed by atoms with van der Waals surface area (Å²) < 4.78 is 16.0. The van der Waals surface area contributed by atoms with E-state index in [4.69, 9.17) is 5.73 Å². The summed E-state index contributed by atoms with van der Waals surface area (Å²) in [7, 11) is 0. The molecule has 0 bridgehead atoms. The van der Waals surface area contributed by atoms with Crippen LogP contribution in [0.5, 0.6) is 0 Å². The van der Waals surface area contributed by atoms with Crippen molar-refractivity contribution in [1.82, 2.24) is 9.78 Å². The summed E-state index contributed by atoms with van der Waals surface area (Å²) in [6.45, 7) is 6.00. The van der Waals surface area contributed by atoms with Gasteiger partial charge in [-0.3, -0.25) is 4.68 Å². The largest absolute Gasteiger partial charge is 0.324 e. The van der Waals surface area contributed by atoms with Crippen LogP contribution in [-0.4, -0.2) is 9.78 Å². The third-order valence-corrected chi connectivity index (χ3v) is 3.76. The molecule has 0 aliphatic rings. The number of aromatic nitrogens is 2. The van der Waals surface area contributed by atoms with Crippen molar-refractivity contribution in [3.05, 3.63) is 53.1 Å². The van der Waals surface area contributed by atoms with Crippen molar-refractivity contribution >= 4 is 0 Å². The highest BCUT2D eigenvalue weighted by molar-refractivity contribution is 5.28. The monoisotopic (exact) mass is 275 g/mol. The maximum absolute atomic E-state index is 14.0. The summed E-state index contributed by atoms with van der Waals surface area (Å²) in [5.74, 6) is -0.207. The van der Waals surface area contributed by atoms with E-state index in [0.717, 1.165) is 12.1 Å². The Kier molecular flexibility index (Phi) is 4.55. The minimum absolute atomic E-state index is 0.207. The summed E-state index contributed by atoms with van der Waals surface area (Å²) in [5.41, 5.74) is 8.21. The van der Waals surface area contributed by atoms with Gasteiger partial charge in [-0.1, -0.05) is 25.1 Å². The van der Waals surface area contributed by atoms with Crippen LogP contribution < -0.4 is 5.73 Å². The van der Waals surface area contributed by atoms with Crippen LogP contribution in [-0.2, 0) is 6.42 Å².